The molecule has 0 spiro atoms. The Kier molecular flexibility index (Phi) is 6.98. The highest BCUT2D eigenvalue weighted by Gasteiger charge is 2.26. The summed E-state index contributed by atoms with van der Waals surface area (Å²) in [6.07, 6.45) is -0.331. The predicted molar refractivity (Wildman–Crippen MR) is 126 cm³/mol. The predicted octanol–water partition coefficient (Wildman–Crippen LogP) is 4.34. The number of amides is 2. The molecule has 1 aliphatic heterocycles. The summed E-state index contributed by atoms with van der Waals surface area (Å²) in [5.74, 6) is 1.34. The van der Waals surface area contributed by atoms with Crippen molar-refractivity contribution in [3.8, 4) is 11.5 Å². The van der Waals surface area contributed by atoms with E-state index in [1.54, 1.807) is 36.0 Å². The molecule has 3 aromatic carbocycles. The molecule has 0 aliphatic carbocycles. The van der Waals surface area contributed by atoms with E-state index < -0.39 is 0 Å². The summed E-state index contributed by atoms with van der Waals surface area (Å²) in [7, 11) is 1.60. The average Bonchev–Trinajstić information content (AvgIpc) is 2.87. The maximum absolute atomic E-state index is 13.1. The van der Waals surface area contributed by atoms with Gasteiger partial charge in [0.25, 0.3) is 5.91 Å². The Morgan fingerprint density at radius 1 is 0.879 bits per heavy atom. The molecular weight excluding hydrogens is 420 g/mol. The van der Waals surface area contributed by atoms with E-state index in [4.69, 9.17) is 14.2 Å². The highest BCUT2D eigenvalue weighted by Crippen LogP contribution is 2.25. The Balaban J connectivity index is 1.43. The van der Waals surface area contributed by atoms with Crippen molar-refractivity contribution in [3.05, 3.63) is 71.8 Å². The zero-order valence-electron chi connectivity index (χ0n) is 19.0. The highest BCUT2D eigenvalue weighted by atomic mass is 16.6. The first-order valence-electron chi connectivity index (χ1n) is 11.1. The van der Waals surface area contributed by atoms with Crippen molar-refractivity contribution in [1.82, 2.24) is 9.80 Å². The second kappa shape index (κ2) is 10.3. The second-order valence-electron chi connectivity index (χ2n) is 7.80. The van der Waals surface area contributed by atoms with Crippen LogP contribution in [0.3, 0.4) is 0 Å². The summed E-state index contributed by atoms with van der Waals surface area (Å²) in [4.78, 5) is 28.4. The third kappa shape index (κ3) is 5.19. The molecule has 172 valence electrons. The molecule has 33 heavy (non-hydrogen) atoms. The maximum Gasteiger partial charge on any atom is 0.409 e. The molecule has 1 heterocycles. The third-order valence-electron chi connectivity index (χ3n) is 5.74. The number of nitrogens with zero attached hydrogens (tertiary/aromatic N) is 2. The van der Waals surface area contributed by atoms with Gasteiger partial charge in [-0.15, -0.1) is 0 Å². The summed E-state index contributed by atoms with van der Waals surface area (Å²) >= 11 is 0. The molecule has 0 atom stereocenters. The van der Waals surface area contributed by atoms with E-state index in [1.807, 2.05) is 42.5 Å². The summed E-state index contributed by atoms with van der Waals surface area (Å²) in [6, 6.07) is 19.4. The largest absolute Gasteiger partial charge is 0.496 e. The summed E-state index contributed by atoms with van der Waals surface area (Å²) in [5, 5.41) is 2.26. The topological polar surface area (TPSA) is 68.3 Å². The fraction of sp³-hybridized carbons (Fsp3) is 0.308. The summed E-state index contributed by atoms with van der Waals surface area (Å²) in [5.41, 5.74) is 1.36. The molecule has 1 fully saturated rings. The lowest BCUT2D eigenvalue weighted by atomic mass is 10.1. The molecule has 7 heteroatoms. The molecule has 0 aromatic heterocycles. The lowest BCUT2D eigenvalue weighted by Gasteiger charge is -2.34. The number of ether oxygens (including phenoxy) is 3. The van der Waals surface area contributed by atoms with Crippen LogP contribution in [0.4, 0.5) is 4.79 Å². The smallest absolute Gasteiger partial charge is 0.409 e. The van der Waals surface area contributed by atoms with Crippen molar-refractivity contribution >= 4 is 22.8 Å². The van der Waals surface area contributed by atoms with Crippen molar-refractivity contribution < 1.29 is 23.8 Å². The van der Waals surface area contributed by atoms with Crippen LogP contribution in [0, 0.1) is 0 Å². The molecule has 7 nitrogen and oxygen atoms in total. The SMILES string of the molecule is CCOC(=O)N1CCN(C(=O)c2ccc(OC)c(COc3ccc4ccccc4c3)c2)CC1. The van der Waals surface area contributed by atoms with Gasteiger partial charge in [0.2, 0.25) is 0 Å². The molecule has 0 radical (unpaired) electrons. The average molecular weight is 449 g/mol. The zero-order chi connectivity index (χ0) is 23.2. The zero-order valence-corrected chi connectivity index (χ0v) is 19.0. The molecule has 3 aromatic rings. The van der Waals surface area contributed by atoms with Crippen LogP contribution in [0.2, 0.25) is 0 Å². The number of rotatable bonds is 6. The van der Waals surface area contributed by atoms with Gasteiger partial charge in [0.1, 0.15) is 18.1 Å². The van der Waals surface area contributed by atoms with Gasteiger partial charge in [-0.2, -0.15) is 0 Å². The Labute approximate surface area is 193 Å². The van der Waals surface area contributed by atoms with Crippen LogP contribution < -0.4 is 9.47 Å². The lowest BCUT2D eigenvalue weighted by molar-refractivity contribution is 0.0570. The van der Waals surface area contributed by atoms with Crippen molar-refractivity contribution in [2.45, 2.75) is 13.5 Å². The van der Waals surface area contributed by atoms with Crippen LogP contribution in [0.1, 0.15) is 22.8 Å². The van der Waals surface area contributed by atoms with E-state index >= 15 is 0 Å². The molecule has 0 bridgehead atoms. The van der Waals surface area contributed by atoms with Crippen LogP contribution in [-0.2, 0) is 11.3 Å². The molecule has 1 saturated heterocycles. The molecule has 0 unspecified atom stereocenters. The summed E-state index contributed by atoms with van der Waals surface area (Å²) < 4.78 is 16.6. The van der Waals surface area contributed by atoms with Crippen molar-refractivity contribution in [2.75, 3.05) is 39.9 Å². The van der Waals surface area contributed by atoms with Crippen LogP contribution in [0.15, 0.2) is 60.7 Å². The normalized spacial score (nSPS) is 13.6. The first kappa shape index (κ1) is 22.5. The van der Waals surface area contributed by atoms with Gasteiger partial charge in [-0.1, -0.05) is 30.3 Å². The number of benzene rings is 3. The number of fused-ring (bicyclic) bond motifs is 1. The quantitative estimate of drug-likeness (QED) is 0.561. The molecule has 4 rings (SSSR count). The molecule has 0 N–H and O–H groups in total. The fourth-order valence-corrected chi connectivity index (χ4v) is 3.93. The first-order valence-corrected chi connectivity index (χ1v) is 11.1. The number of hydrogen-bond donors (Lipinski definition) is 0. The van der Waals surface area contributed by atoms with E-state index in [-0.39, 0.29) is 18.6 Å². The minimum absolute atomic E-state index is 0.0758. The van der Waals surface area contributed by atoms with Crippen molar-refractivity contribution in [2.24, 2.45) is 0 Å². The minimum Gasteiger partial charge on any atom is -0.496 e. The number of carbonyl (C=O) groups excluding carboxylic acids is 2. The second-order valence-corrected chi connectivity index (χ2v) is 7.80. The van der Waals surface area contributed by atoms with E-state index in [9.17, 15) is 9.59 Å². The molecule has 0 saturated carbocycles. The Bertz CT molecular complexity index is 1140. The number of carbonyl (C=O) groups is 2. The van der Waals surface area contributed by atoms with E-state index in [0.29, 0.717) is 44.1 Å². The first-order chi connectivity index (χ1) is 16.1. The van der Waals surface area contributed by atoms with Gasteiger partial charge in [-0.25, -0.2) is 4.79 Å². The monoisotopic (exact) mass is 448 g/mol. The fourth-order valence-electron chi connectivity index (χ4n) is 3.93. The standard InChI is InChI=1S/C26H28N2O5/c1-3-32-26(30)28-14-12-27(13-15-28)25(29)21-9-11-24(31-2)22(16-21)18-33-23-10-8-19-6-4-5-7-20(19)17-23/h4-11,16-17H,3,12-15,18H2,1-2H3. The Morgan fingerprint density at radius 3 is 2.33 bits per heavy atom. The highest BCUT2D eigenvalue weighted by molar-refractivity contribution is 5.94. The van der Waals surface area contributed by atoms with Gasteiger partial charge in [0.15, 0.2) is 0 Å². The van der Waals surface area contributed by atoms with Gasteiger partial charge in [0.05, 0.1) is 13.7 Å². The van der Waals surface area contributed by atoms with Gasteiger partial charge < -0.3 is 24.0 Å². The van der Waals surface area contributed by atoms with E-state index in [1.165, 1.54) is 0 Å². The molecule has 2 amide bonds. The van der Waals surface area contributed by atoms with Gasteiger partial charge in [0, 0.05) is 37.3 Å². The van der Waals surface area contributed by atoms with Crippen LogP contribution >= 0.6 is 0 Å². The van der Waals surface area contributed by atoms with E-state index in [0.717, 1.165) is 22.1 Å². The van der Waals surface area contributed by atoms with E-state index in [2.05, 4.69) is 6.07 Å². The van der Waals surface area contributed by atoms with Gasteiger partial charge in [-0.3, -0.25) is 4.79 Å². The number of hydrogen-bond acceptors (Lipinski definition) is 5. The Morgan fingerprint density at radius 2 is 1.61 bits per heavy atom. The van der Waals surface area contributed by atoms with Gasteiger partial charge in [-0.05, 0) is 48.0 Å². The Hall–Kier alpha value is -3.74. The van der Waals surface area contributed by atoms with Crippen LogP contribution in [0.5, 0.6) is 11.5 Å². The van der Waals surface area contributed by atoms with Crippen molar-refractivity contribution in [3.63, 3.8) is 0 Å². The number of methoxy groups -OCH3 is 1. The maximum atomic E-state index is 13.1. The molecular formula is C26H28N2O5. The number of piperazine rings is 1. The van der Waals surface area contributed by atoms with Crippen molar-refractivity contribution in [1.29, 1.82) is 0 Å². The lowest BCUT2D eigenvalue weighted by Crippen LogP contribution is -2.50. The third-order valence-corrected chi connectivity index (χ3v) is 5.74. The molecule has 1 aliphatic rings. The van der Waals surface area contributed by atoms with Crippen LogP contribution in [-0.4, -0.2) is 61.7 Å². The van der Waals surface area contributed by atoms with Crippen LogP contribution in [0.25, 0.3) is 10.8 Å². The van der Waals surface area contributed by atoms with Gasteiger partial charge >= 0.3 is 6.09 Å². The summed E-state index contributed by atoms with van der Waals surface area (Å²) in [6.45, 7) is 4.24. The minimum atomic E-state index is -0.331.